The van der Waals surface area contributed by atoms with Crippen molar-refractivity contribution in [2.24, 2.45) is 0 Å². The molecule has 9 N–H and O–H groups in total. The van der Waals surface area contributed by atoms with E-state index in [1.807, 2.05) is 0 Å². The highest BCUT2D eigenvalue weighted by atomic mass is 32.5. The van der Waals surface area contributed by atoms with Crippen molar-refractivity contribution in [3.8, 4) is 0 Å². The van der Waals surface area contributed by atoms with Crippen LogP contribution in [0.4, 0.5) is 5.82 Å². The van der Waals surface area contributed by atoms with Gasteiger partial charge in [-0.25, -0.2) is 19.7 Å². The van der Waals surface area contributed by atoms with Gasteiger partial charge >= 0.3 is 5.69 Å². The average Bonchev–Trinajstić information content (AvgIpc) is 3.58. The molecule has 1 unspecified atom stereocenters. The van der Waals surface area contributed by atoms with E-state index in [0.29, 0.717) is 11.2 Å². The second kappa shape index (κ2) is 12.0. The van der Waals surface area contributed by atoms with E-state index in [2.05, 4.69) is 19.9 Å². The first kappa shape index (κ1) is 30.3. The third kappa shape index (κ3) is 5.85. The van der Waals surface area contributed by atoms with Gasteiger partial charge in [-0.2, -0.15) is 0 Å². The van der Waals surface area contributed by atoms with Crippen LogP contribution in [0, 0.1) is 0 Å². The van der Waals surface area contributed by atoms with E-state index in [1.54, 1.807) is 4.57 Å². The maximum atomic E-state index is 13.1. The fraction of sp³-hybridized carbons (Fsp3) is 0.550. The molecular formula is C20H29N8O10PS. The SMILES string of the molecule is CO[C@@H]1[C@H](OP([O-])(=S)OC[C@H]2O[C@@H](n3cnc4c(N)ncnc43)C[C@@H]2O)[C@@H](CO)O[C@H]1n1ccc(=O)[nH]c1=O.[NH4+]. The summed E-state index contributed by atoms with van der Waals surface area (Å²) in [5.41, 5.74) is 5.21. The number of hydrogen-bond acceptors (Lipinski definition) is 15. The summed E-state index contributed by atoms with van der Waals surface area (Å²) in [4.78, 5) is 51.1. The van der Waals surface area contributed by atoms with Gasteiger partial charge in [0.05, 0.1) is 25.6 Å². The number of hydrogen-bond donors (Lipinski definition) is 5. The van der Waals surface area contributed by atoms with E-state index in [4.69, 9.17) is 40.8 Å². The lowest BCUT2D eigenvalue weighted by Gasteiger charge is -2.34. The Morgan fingerprint density at radius 1 is 1.25 bits per heavy atom. The molecule has 2 aliphatic heterocycles. The molecule has 0 aliphatic carbocycles. The molecule has 0 aromatic carbocycles. The second-order valence-corrected chi connectivity index (χ2v) is 11.5. The Labute approximate surface area is 230 Å². The lowest BCUT2D eigenvalue weighted by atomic mass is 10.1. The number of nitrogens with zero attached hydrogens (tertiary/aromatic N) is 5. The van der Waals surface area contributed by atoms with Crippen molar-refractivity contribution in [2.45, 2.75) is 49.4 Å². The quantitative estimate of drug-likeness (QED) is 0.163. The first-order valence-corrected chi connectivity index (χ1v) is 14.2. The summed E-state index contributed by atoms with van der Waals surface area (Å²) < 4.78 is 30.5. The molecule has 5 rings (SSSR count). The summed E-state index contributed by atoms with van der Waals surface area (Å²) in [5, 5.41) is 20.4. The highest BCUT2D eigenvalue weighted by Gasteiger charge is 2.48. The third-order valence-corrected chi connectivity index (χ3v) is 7.95. The predicted molar refractivity (Wildman–Crippen MR) is 138 cm³/mol. The summed E-state index contributed by atoms with van der Waals surface area (Å²) in [6.45, 7) is -5.24. The second-order valence-electron chi connectivity index (χ2n) is 8.79. The monoisotopic (exact) mass is 604 g/mol. The molecule has 8 atom stereocenters. The minimum Gasteiger partial charge on any atom is -0.780 e. The van der Waals surface area contributed by atoms with E-state index in [9.17, 15) is 24.7 Å². The molecule has 2 aliphatic rings. The molecule has 0 bridgehead atoms. The van der Waals surface area contributed by atoms with Crippen LogP contribution >= 0.6 is 6.72 Å². The topological polar surface area (TPSA) is 271 Å². The fourth-order valence-corrected chi connectivity index (χ4v) is 5.97. The lowest BCUT2D eigenvalue weighted by molar-refractivity contribution is -0.218. The van der Waals surface area contributed by atoms with E-state index >= 15 is 0 Å². The van der Waals surface area contributed by atoms with Crippen molar-refractivity contribution < 1.29 is 38.4 Å². The van der Waals surface area contributed by atoms with Gasteiger partial charge in [0.2, 0.25) is 0 Å². The fourth-order valence-electron chi connectivity index (χ4n) is 4.55. The molecule has 0 spiro atoms. The number of ether oxygens (including phenoxy) is 3. The first-order chi connectivity index (χ1) is 18.6. The zero-order valence-corrected chi connectivity index (χ0v) is 23.0. The zero-order chi connectivity index (χ0) is 27.9. The molecule has 2 fully saturated rings. The molecule has 3 aromatic rings. The Morgan fingerprint density at radius 2 is 2.02 bits per heavy atom. The van der Waals surface area contributed by atoms with Crippen molar-refractivity contribution in [1.29, 1.82) is 0 Å². The van der Waals surface area contributed by atoms with Crippen molar-refractivity contribution in [3.63, 3.8) is 0 Å². The Balaban J connectivity index is 0.00000370. The maximum absolute atomic E-state index is 13.1. The molecule has 18 nitrogen and oxygen atoms in total. The normalized spacial score (nSPS) is 29.9. The number of methoxy groups -OCH3 is 1. The minimum atomic E-state index is -4.27. The Morgan fingerprint density at radius 3 is 2.73 bits per heavy atom. The number of quaternary nitrogens is 1. The first-order valence-electron chi connectivity index (χ1n) is 11.6. The minimum absolute atomic E-state index is 0. The van der Waals surface area contributed by atoms with Gasteiger partial charge < -0.3 is 50.2 Å². The molecule has 0 amide bonds. The summed E-state index contributed by atoms with van der Waals surface area (Å²) >= 11 is 5.06. The smallest absolute Gasteiger partial charge is 0.330 e. The predicted octanol–water partition coefficient (Wildman–Crippen LogP) is -2.13. The van der Waals surface area contributed by atoms with Gasteiger partial charge in [-0.15, -0.1) is 0 Å². The third-order valence-electron chi connectivity index (χ3n) is 6.41. The van der Waals surface area contributed by atoms with E-state index in [0.717, 1.165) is 10.6 Å². The van der Waals surface area contributed by atoms with Crippen LogP contribution in [0.2, 0.25) is 0 Å². The summed E-state index contributed by atoms with van der Waals surface area (Å²) in [5.74, 6) is 0.195. The summed E-state index contributed by atoms with van der Waals surface area (Å²) in [7, 11) is 1.30. The Hall–Kier alpha value is -2.68. The molecule has 40 heavy (non-hydrogen) atoms. The Bertz CT molecular complexity index is 1500. The van der Waals surface area contributed by atoms with Crippen LogP contribution in [0.3, 0.4) is 0 Å². The number of fused-ring (bicyclic) bond motifs is 1. The van der Waals surface area contributed by atoms with Crippen molar-refractivity contribution in [2.75, 3.05) is 26.1 Å². The largest absolute Gasteiger partial charge is 0.780 e. The van der Waals surface area contributed by atoms with Crippen LogP contribution in [0.5, 0.6) is 0 Å². The van der Waals surface area contributed by atoms with E-state index in [1.165, 1.54) is 26.0 Å². The van der Waals surface area contributed by atoms with Crippen LogP contribution in [-0.4, -0.2) is 90.1 Å². The van der Waals surface area contributed by atoms with Gasteiger partial charge in [0.15, 0.2) is 17.7 Å². The number of rotatable bonds is 9. The van der Waals surface area contributed by atoms with Crippen LogP contribution in [0.25, 0.3) is 11.2 Å². The molecule has 20 heteroatoms. The number of nitrogen functional groups attached to an aromatic ring is 1. The van der Waals surface area contributed by atoms with Crippen molar-refractivity contribution in [1.82, 2.24) is 35.2 Å². The maximum Gasteiger partial charge on any atom is 0.330 e. The van der Waals surface area contributed by atoms with Gasteiger partial charge in [-0.05, 0) is 0 Å². The number of imidazole rings is 1. The average molecular weight is 605 g/mol. The van der Waals surface area contributed by atoms with Crippen molar-refractivity contribution in [3.05, 3.63) is 45.8 Å². The van der Waals surface area contributed by atoms with Gasteiger partial charge in [0.25, 0.3) is 5.56 Å². The highest BCUT2D eigenvalue weighted by molar-refractivity contribution is 8.06. The van der Waals surface area contributed by atoms with E-state index < -0.39 is 67.6 Å². The standard InChI is InChI=1S/C20H26N7O10PS.H3N/c1-33-16-15(10(5-28)36-19(16)26-3-2-12(30)25-20(26)31)37-38(32,39)34-6-11-9(29)4-13(35-11)27-8-24-14-17(21)22-7-23-18(14)27;/h2-3,7-11,13,15-16,19,28-29H,4-6H2,1H3,(H,32,39)(H2,21,22,23)(H,25,30,31);1H3/t9-,10+,11+,13+,15+,16+,19+,38?;/m0./s1. The molecular weight excluding hydrogens is 575 g/mol. The number of H-pyrrole nitrogens is 1. The van der Waals surface area contributed by atoms with Gasteiger partial charge in [-0.3, -0.25) is 18.9 Å². The molecule has 3 aromatic heterocycles. The Kier molecular flexibility index (Phi) is 9.12. The van der Waals surface area contributed by atoms with Crippen LogP contribution in [-0.2, 0) is 35.1 Å². The van der Waals surface area contributed by atoms with Crippen LogP contribution in [0.1, 0.15) is 18.9 Å². The van der Waals surface area contributed by atoms with Gasteiger partial charge in [-0.1, -0.05) is 11.8 Å². The van der Waals surface area contributed by atoms with Crippen molar-refractivity contribution >= 4 is 35.5 Å². The zero-order valence-electron chi connectivity index (χ0n) is 21.3. The van der Waals surface area contributed by atoms with E-state index in [-0.39, 0.29) is 25.0 Å². The summed E-state index contributed by atoms with van der Waals surface area (Å²) in [6, 6.07) is 1.11. The number of nitrogens with two attached hydrogens (primary N) is 1. The number of aliphatic hydroxyl groups excluding tert-OH is 2. The number of nitrogens with one attached hydrogen (secondary N) is 1. The summed E-state index contributed by atoms with van der Waals surface area (Å²) in [6.07, 6.45) is -3.03. The lowest BCUT2D eigenvalue weighted by Crippen LogP contribution is -2.40. The van der Waals surface area contributed by atoms with Crippen LogP contribution < -0.4 is 28.0 Å². The molecule has 5 heterocycles. The number of anilines is 1. The van der Waals surface area contributed by atoms with Gasteiger partial charge in [0, 0.05) is 25.8 Å². The molecule has 0 radical (unpaired) electrons. The molecule has 0 saturated carbocycles. The number of aromatic nitrogens is 6. The number of aliphatic hydroxyl groups is 2. The molecule has 220 valence electrons. The van der Waals surface area contributed by atoms with Crippen LogP contribution in [0.15, 0.2) is 34.5 Å². The highest BCUT2D eigenvalue weighted by Crippen LogP contribution is 2.46. The number of aromatic amines is 1. The van der Waals surface area contributed by atoms with Gasteiger partial charge in [0.1, 0.15) is 49.2 Å². The molecule has 2 saturated heterocycles.